The Kier molecular flexibility index (Phi) is 2.40. The predicted molar refractivity (Wildman–Crippen MR) is 50.6 cm³/mol. The molecule has 2 rings (SSSR count). The maximum atomic E-state index is 4.93. The second-order valence-corrected chi connectivity index (χ2v) is 2.82. The van der Waals surface area contributed by atoms with Crippen LogP contribution < -0.4 is 5.32 Å². The number of aromatic nitrogens is 3. The summed E-state index contributed by atoms with van der Waals surface area (Å²) in [7, 11) is 0. The topological polar surface area (TPSA) is 63.8 Å². The van der Waals surface area contributed by atoms with Gasteiger partial charge in [0.25, 0.3) is 0 Å². The number of rotatable bonds is 3. The number of hydrogen-bond acceptors (Lipinski definition) is 5. The van der Waals surface area contributed by atoms with Crippen molar-refractivity contribution in [1.82, 2.24) is 15.1 Å². The van der Waals surface area contributed by atoms with Crippen LogP contribution in [0, 0.1) is 6.92 Å². The molecule has 0 aromatic carbocycles. The van der Waals surface area contributed by atoms with Crippen molar-refractivity contribution in [2.45, 2.75) is 13.5 Å². The molecule has 0 atom stereocenters. The van der Waals surface area contributed by atoms with Gasteiger partial charge in [-0.1, -0.05) is 5.16 Å². The van der Waals surface area contributed by atoms with E-state index >= 15 is 0 Å². The molecule has 5 nitrogen and oxygen atoms in total. The molecular weight excluding hydrogens is 180 g/mol. The van der Waals surface area contributed by atoms with Crippen LogP contribution >= 0.6 is 0 Å². The van der Waals surface area contributed by atoms with Crippen LogP contribution in [0.1, 0.15) is 11.6 Å². The lowest BCUT2D eigenvalue weighted by atomic mass is 10.4. The van der Waals surface area contributed by atoms with Crippen molar-refractivity contribution >= 4 is 5.82 Å². The van der Waals surface area contributed by atoms with E-state index in [-0.39, 0.29) is 0 Å². The van der Waals surface area contributed by atoms with E-state index in [1.807, 2.05) is 13.0 Å². The maximum absolute atomic E-state index is 4.93. The SMILES string of the molecule is Cc1nccc(NCc2ccno2)n1. The molecule has 0 fully saturated rings. The average Bonchev–Trinajstić information content (AvgIpc) is 2.67. The Labute approximate surface area is 81.2 Å². The van der Waals surface area contributed by atoms with E-state index in [1.165, 1.54) is 0 Å². The van der Waals surface area contributed by atoms with Gasteiger partial charge in [0.05, 0.1) is 12.7 Å². The summed E-state index contributed by atoms with van der Waals surface area (Å²) in [5.41, 5.74) is 0. The third-order valence-corrected chi connectivity index (χ3v) is 1.71. The Bertz CT molecular complexity index is 399. The molecule has 0 unspecified atom stereocenters. The summed E-state index contributed by atoms with van der Waals surface area (Å²) in [4.78, 5) is 8.19. The van der Waals surface area contributed by atoms with Gasteiger partial charge in [-0.15, -0.1) is 0 Å². The fourth-order valence-electron chi connectivity index (χ4n) is 1.07. The molecule has 14 heavy (non-hydrogen) atoms. The highest BCUT2D eigenvalue weighted by Crippen LogP contribution is 2.04. The van der Waals surface area contributed by atoms with E-state index in [2.05, 4.69) is 20.4 Å². The highest BCUT2D eigenvalue weighted by atomic mass is 16.5. The van der Waals surface area contributed by atoms with Crippen molar-refractivity contribution in [3.05, 3.63) is 36.1 Å². The number of nitrogens with one attached hydrogen (secondary N) is 1. The normalized spacial score (nSPS) is 10.1. The van der Waals surface area contributed by atoms with Crippen molar-refractivity contribution in [3.63, 3.8) is 0 Å². The van der Waals surface area contributed by atoms with Gasteiger partial charge in [-0.3, -0.25) is 0 Å². The second kappa shape index (κ2) is 3.87. The molecular formula is C9H10N4O. The Hall–Kier alpha value is -1.91. The van der Waals surface area contributed by atoms with Crippen molar-refractivity contribution in [2.24, 2.45) is 0 Å². The van der Waals surface area contributed by atoms with Gasteiger partial charge >= 0.3 is 0 Å². The number of hydrogen-bond donors (Lipinski definition) is 1. The minimum absolute atomic E-state index is 0.580. The minimum atomic E-state index is 0.580. The fourth-order valence-corrected chi connectivity index (χ4v) is 1.07. The van der Waals surface area contributed by atoms with Crippen LogP contribution in [0.15, 0.2) is 29.0 Å². The van der Waals surface area contributed by atoms with E-state index in [0.717, 1.165) is 17.4 Å². The largest absolute Gasteiger partial charge is 0.363 e. The molecule has 0 amide bonds. The molecule has 0 saturated heterocycles. The van der Waals surface area contributed by atoms with Gasteiger partial charge in [0.2, 0.25) is 0 Å². The van der Waals surface area contributed by atoms with Crippen LogP contribution in [0.2, 0.25) is 0 Å². The standard InChI is InChI=1S/C9H10N4O/c1-7-10-4-3-9(13-7)11-6-8-2-5-12-14-8/h2-5H,6H2,1H3,(H,10,11,13). The van der Waals surface area contributed by atoms with Crippen molar-refractivity contribution < 1.29 is 4.52 Å². The molecule has 5 heteroatoms. The van der Waals surface area contributed by atoms with Gasteiger partial charge < -0.3 is 9.84 Å². The van der Waals surface area contributed by atoms with Crippen LogP contribution in [0.3, 0.4) is 0 Å². The van der Waals surface area contributed by atoms with Crippen molar-refractivity contribution in [2.75, 3.05) is 5.32 Å². The molecule has 72 valence electrons. The first-order valence-corrected chi connectivity index (χ1v) is 4.28. The summed E-state index contributed by atoms with van der Waals surface area (Å²) in [5, 5.41) is 6.71. The zero-order chi connectivity index (χ0) is 9.80. The van der Waals surface area contributed by atoms with Gasteiger partial charge in [0, 0.05) is 12.3 Å². The first kappa shape index (κ1) is 8.68. The quantitative estimate of drug-likeness (QED) is 0.792. The molecule has 0 aliphatic heterocycles. The lowest BCUT2D eigenvalue weighted by molar-refractivity contribution is 0.388. The van der Waals surface area contributed by atoms with E-state index in [9.17, 15) is 0 Å². The van der Waals surface area contributed by atoms with Crippen molar-refractivity contribution in [1.29, 1.82) is 0 Å². The number of anilines is 1. The van der Waals surface area contributed by atoms with E-state index in [4.69, 9.17) is 4.52 Å². The van der Waals surface area contributed by atoms with Crippen LogP contribution in [0.25, 0.3) is 0 Å². The summed E-state index contributed by atoms with van der Waals surface area (Å²) < 4.78 is 4.93. The van der Waals surface area contributed by atoms with E-state index in [0.29, 0.717) is 6.54 Å². The number of aryl methyl sites for hydroxylation is 1. The summed E-state index contributed by atoms with van der Waals surface area (Å²) in [6, 6.07) is 3.62. The summed E-state index contributed by atoms with van der Waals surface area (Å²) >= 11 is 0. The monoisotopic (exact) mass is 190 g/mol. The lowest BCUT2D eigenvalue weighted by Gasteiger charge is -2.02. The maximum Gasteiger partial charge on any atom is 0.155 e. The van der Waals surface area contributed by atoms with Crippen LogP contribution in [0.4, 0.5) is 5.82 Å². The second-order valence-electron chi connectivity index (χ2n) is 2.82. The first-order valence-electron chi connectivity index (χ1n) is 4.28. The fraction of sp³-hybridized carbons (Fsp3) is 0.222. The third-order valence-electron chi connectivity index (χ3n) is 1.71. The average molecular weight is 190 g/mol. The zero-order valence-electron chi connectivity index (χ0n) is 7.77. The van der Waals surface area contributed by atoms with Crippen LogP contribution in [0.5, 0.6) is 0 Å². The molecule has 0 saturated carbocycles. The van der Waals surface area contributed by atoms with Gasteiger partial charge in [0.15, 0.2) is 5.76 Å². The molecule has 0 aliphatic carbocycles. The molecule has 0 spiro atoms. The third kappa shape index (κ3) is 2.07. The van der Waals surface area contributed by atoms with Crippen LogP contribution in [-0.4, -0.2) is 15.1 Å². The van der Waals surface area contributed by atoms with Crippen molar-refractivity contribution in [3.8, 4) is 0 Å². The van der Waals surface area contributed by atoms with Gasteiger partial charge in [-0.05, 0) is 13.0 Å². The summed E-state index contributed by atoms with van der Waals surface area (Å²) in [6.45, 7) is 2.43. The Morgan fingerprint density at radius 3 is 3.00 bits per heavy atom. The highest BCUT2D eigenvalue weighted by Gasteiger charge is 1.98. The summed E-state index contributed by atoms with van der Waals surface area (Å²) in [5.74, 6) is 2.31. The lowest BCUT2D eigenvalue weighted by Crippen LogP contribution is -2.01. The van der Waals surface area contributed by atoms with Gasteiger partial charge in [-0.25, -0.2) is 9.97 Å². The smallest absolute Gasteiger partial charge is 0.155 e. The first-order chi connectivity index (χ1) is 6.84. The zero-order valence-corrected chi connectivity index (χ0v) is 7.77. The Morgan fingerprint density at radius 2 is 2.29 bits per heavy atom. The Balaban J connectivity index is 1.98. The van der Waals surface area contributed by atoms with Gasteiger partial charge in [0.1, 0.15) is 11.6 Å². The molecule has 0 radical (unpaired) electrons. The predicted octanol–water partition coefficient (Wildman–Crippen LogP) is 1.39. The van der Waals surface area contributed by atoms with Gasteiger partial charge in [-0.2, -0.15) is 0 Å². The molecule has 1 N–H and O–H groups in total. The number of nitrogens with zero attached hydrogens (tertiary/aromatic N) is 3. The minimum Gasteiger partial charge on any atom is -0.363 e. The molecule has 2 aromatic rings. The van der Waals surface area contributed by atoms with Crippen LogP contribution in [-0.2, 0) is 6.54 Å². The highest BCUT2D eigenvalue weighted by molar-refractivity contribution is 5.32. The molecule has 2 aromatic heterocycles. The molecule has 2 heterocycles. The molecule has 0 bridgehead atoms. The summed E-state index contributed by atoms with van der Waals surface area (Å²) in [6.07, 6.45) is 3.33. The molecule has 0 aliphatic rings. The Morgan fingerprint density at radius 1 is 1.36 bits per heavy atom. The van der Waals surface area contributed by atoms with E-state index in [1.54, 1.807) is 18.5 Å². The van der Waals surface area contributed by atoms with E-state index < -0.39 is 0 Å².